The maximum atomic E-state index is 12.6. The monoisotopic (exact) mass is 294 g/mol. The van der Waals surface area contributed by atoms with Crippen molar-refractivity contribution in [3.8, 4) is 6.07 Å². The molecule has 0 aromatic carbocycles. The first-order valence-corrected chi connectivity index (χ1v) is 5.32. The SMILES string of the molecule is N#CCc1cc(Br)nc(C(F)F)c1CCl. The molecule has 0 atom stereocenters. The van der Waals surface area contributed by atoms with Crippen LogP contribution >= 0.6 is 27.5 Å². The number of hydrogen-bond donors (Lipinski definition) is 0. The fourth-order valence-corrected chi connectivity index (χ4v) is 1.96. The summed E-state index contributed by atoms with van der Waals surface area (Å²) in [7, 11) is 0. The molecule has 0 amide bonds. The van der Waals surface area contributed by atoms with Gasteiger partial charge in [0.15, 0.2) is 0 Å². The number of pyridine rings is 1. The molecule has 0 fully saturated rings. The van der Waals surface area contributed by atoms with E-state index in [1.807, 2.05) is 6.07 Å². The van der Waals surface area contributed by atoms with Crippen molar-refractivity contribution in [1.29, 1.82) is 5.26 Å². The minimum atomic E-state index is -2.69. The molecule has 1 aromatic rings. The third-order valence-electron chi connectivity index (χ3n) is 1.83. The van der Waals surface area contributed by atoms with Gasteiger partial charge < -0.3 is 0 Å². The molecular formula is C9H6BrClF2N2. The van der Waals surface area contributed by atoms with E-state index in [-0.39, 0.29) is 28.2 Å². The number of halogens is 4. The van der Waals surface area contributed by atoms with Crippen LogP contribution in [0.15, 0.2) is 10.7 Å². The molecule has 0 saturated heterocycles. The normalized spacial score (nSPS) is 10.4. The molecule has 6 heteroatoms. The van der Waals surface area contributed by atoms with E-state index >= 15 is 0 Å². The van der Waals surface area contributed by atoms with Crippen LogP contribution in [0.5, 0.6) is 0 Å². The third kappa shape index (κ3) is 2.86. The maximum Gasteiger partial charge on any atom is 0.280 e. The summed E-state index contributed by atoms with van der Waals surface area (Å²) in [6.45, 7) is 0. The Balaban J connectivity index is 3.33. The fourth-order valence-electron chi connectivity index (χ4n) is 1.19. The molecule has 1 aromatic heterocycles. The average Bonchev–Trinajstić information content (AvgIpc) is 2.17. The molecule has 0 aliphatic rings. The van der Waals surface area contributed by atoms with E-state index in [0.29, 0.717) is 5.56 Å². The van der Waals surface area contributed by atoms with E-state index in [0.717, 1.165) is 0 Å². The Kier molecular flexibility index (Phi) is 4.43. The molecule has 0 spiro atoms. The van der Waals surface area contributed by atoms with Crippen molar-refractivity contribution in [2.75, 3.05) is 0 Å². The number of aromatic nitrogens is 1. The lowest BCUT2D eigenvalue weighted by molar-refractivity contribution is 0.145. The van der Waals surface area contributed by atoms with Crippen LogP contribution in [0.25, 0.3) is 0 Å². The van der Waals surface area contributed by atoms with E-state index in [1.165, 1.54) is 6.07 Å². The molecular weight excluding hydrogens is 289 g/mol. The molecule has 1 heterocycles. The summed E-state index contributed by atoms with van der Waals surface area (Å²) in [5.41, 5.74) is 0.380. The Labute approximate surface area is 99.0 Å². The lowest BCUT2D eigenvalue weighted by Crippen LogP contribution is -2.02. The van der Waals surface area contributed by atoms with Gasteiger partial charge in [-0.1, -0.05) is 0 Å². The topological polar surface area (TPSA) is 36.7 Å². The predicted molar refractivity (Wildman–Crippen MR) is 55.8 cm³/mol. The largest absolute Gasteiger partial charge is 0.280 e. The van der Waals surface area contributed by atoms with E-state index < -0.39 is 6.43 Å². The molecule has 2 nitrogen and oxygen atoms in total. The van der Waals surface area contributed by atoms with Crippen LogP contribution in [0.2, 0.25) is 0 Å². The summed E-state index contributed by atoms with van der Waals surface area (Å²) in [4.78, 5) is 3.66. The van der Waals surface area contributed by atoms with Crippen molar-refractivity contribution in [3.05, 3.63) is 27.5 Å². The summed E-state index contributed by atoms with van der Waals surface area (Å²) >= 11 is 8.59. The van der Waals surface area contributed by atoms with Crippen LogP contribution in [0.4, 0.5) is 8.78 Å². The van der Waals surface area contributed by atoms with Gasteiger partial charge in [0.2, 0.25) is 0 Å². The number of rotatable bonds is 3. The summed E-state index contributed by atoms with van der Waals surface area (Å²) in [5, 5.41) is 8.54. The fraction of sp³-hybridized carbons (Fsp3) is 0.333. The molecule has 0 aliphatic heterocycles. The molecule has 0 N–H and O–H groups in total. The second kappa shape index (κ2) is 5.38. The molecule has 1 rings (SSSR count). The zero-order valence-electron chi connectivity index (χ0n) is 7.48. The highest BCUT2D eigenvalue weighted by molar-refractivity contribution is 9.10. The Bertz CT molecular complexity index is 404. The molecule has 80 valence electrons. The smallest absolute Gasteiger partial charge is 0.240 e. The first-order chi connectivity index (χ1) is 7.10. The van der Waals surface area contributed by atoms with Gasteiger partial charge in [-0.2, -0.15) is 5.26 Å². The van der Waals surface area contributed by atoms with Crippen LogP contribution in [0, 0.1) is 11.3 Å². The highest BCUT2D eigenvalue weighted by Crippen LogP contribution is 2.27. The van der Waals surface area contributed by atoms with Gasteiger partial charge in [-0.05, 0) is 33.1 Å². The molecule has 0 bridgehead atoms. The second-order valence-corrected chi connectivity index (χ2v) is 3.82. The standard InChI is InChI=1S/C9H6BrClF2N2/c10-7-3-5(1-2-14)6(4-11)8(15-7)9(12)13/h3,9H,1,4H2. The zero-order valence-corrected chi connectivity index (χ0v) is 9.82. The van der Waals surface area contributed by atoms with Crippen LogP contribution in [-0.4, -0.2) is 4.98 Å². The van der Waals surface area contributed by atoms with Crippen molar-refractivity contribution in [3.63, 3.8) is 0 Å². The Morgan fingerprint density at radius 2 is 2.27 bits per heavy atom. The van der Waals surface area contributed by atoms with Crippen LogP contribution in [-0.2, 0) is 12.3 Å². The molecule has 0 radical (unpaired) electrons. The van der Waals surface area contributed by atoms with Crippen molar-refractivity contribution in [1.82, 2.24) is 4.98 Å². The average molecular weight is 296 g/mol. The quantitative estimate of drug-likeness (QED) is 0.631. The van der Waals surface area contributed by atoms with Gasteiger partial charge in [0.25, 0.3) is 6.43 Å². The van der Waals surface area contributed by atoms with Gasteiger partial charge in [0.1, 0.15) is 10.3 Å². The van der Waals surface area contributed by atoms with Gasteiger partial charge in [-0.3, -0.25) is 0 Å². The van der Waals surface area contributed by atoms with Crippen molar-refractivity contribution in [2.24, 2.45) is 0 Å². The number of nitriles is 1. The van der Waals surface area contributed by atoms with Gasteiger partial charge in [-0.25, -0.2) is 13.8 Å². The van der Waals surface area contributed by atoms with Crippen LogP contribution in [0.3, 0.4) is 0 Å². The van der Waals surface area contributed by atoms with Gasteiger partial charge >= 0.3 is 0 Å². The Morgan fingerprint density at radius 1 is 1.60 bits per heavy atom. The summed E-state index contributed by atoms with van der Waals surface area (Å²) in [6.07, 6.45) is -2.64. The van der Waals surface area contributed by atoms with Gasteiger partial charge in [0.05, 0.1) is 12.5 Å². The Hall–Kier alpha value is -0.730. The predicted octanol–water partition coefficient (Wildman–Crippen LogP) is 3.59. The first kappa shape index (κ1) is 12.3. The highest BCUT2D eigenvalue weighted by Gasteiger charge is 2.18. The highest BCUT2D eigenvalue weighted by atomic mass is 79.9. The summed E-state index contributed by atoms with van der Waals surface area (Å²) in [6, 6.07) is 3.43. The number of nitrogens with zero attached hydrogens (tertiary/aromatic N) is 2. The zero-order chi connectivity index (χ0) is 11.4. The second-order valence-electron chi connectivity index (χ2n) is 2.74. The molecule has 0 aliphatic carbocycles. The summed E-state index contributed by atoms with van der Waals surface area (Å²) < 4.78 is 25.5. The number of alkyl halides is 3. The number of hydrogen-bond acceptors (Lipinski definition) is 2. The third-order valence-corrected chi connectivity index (χ3v) is 2.50. The lowest BCUT2D eigenvalue weighted by atomic mass is 10.1. The van der Waals surface area contributed by atoms with Crippen LogP contribution in [0.1, 0.15) is 23.2 Å². The molecule has 0 saturated carbocycles. The van der Waals surface area contributed by atoms with Crippen molar-refractivity contribution >= 4 is 27.5 Å². The van der Waals surface area contributed by atoms with E-state index in [1.54, 1.807) is 0 Å². The first-order valence-electron chi connectivity index (χ1n) is 3.99. The van der Waals surface area contributed by atoms with E-state index in [4.69, 9.17) is 16.9 Å². The minimum absolute atomic E-state index is 0.0445. The van der Waals surface area contributed by atoms with Crippen LogP contribution < -0.4 is 0 Å². The molecule has 15 heavy (non-hydrogen) atoms. The van der Waals surface area contributed by atoms with Gasteiger partial charge in [-0.15, -0.1) is 11.6 Å². The maximum absolute atomic E-state index is 12.6. The Morgan fingerprint density at radius 3 is 2.73 bits per heavy atom. The molecule has 0 unspecified atom stereocenters. The van der Waals surface area contributed by atoms with Crippen molar-refractivity contribution in [2.45, 2.75) is 18.7 Å². The van der Waals surface area contributed by atoms with Gasteiger partial charge in [0, 0.05) is 5.88 Å². The van der Waals surface area contributed by atoms with Crippen molar-refractivity contribution < 1.29 is 8.78 Å². The minimum Gasteiger partial charge on any atom is -0.240 e. The van der Waals surface area contributed by atoms with E-state index in [2.05, 4.69) is 20.9 Å². The van der Waals surface area contributed by atoms with E-state index in [9.17, 15) is 8.78 Å². The summed E-state index contributed by atoms with van der Waals surface area (Å²) in [5.74, 6) is -0.0725. The lowest BCUT2D eigenvalue weighted by Gasteiger charge is -2.10.